The minimum Gasteiger partial charge on any atom is -0.447 e. The van der Waals surface area contributed by atoms with Gasteiger partial charge in [0.05, 0.1) is 19.8 Å². The molecular formula is C25H31N3O7. The molecule has 0 aromatic heterocycles. The van der Waals surface area contributed by atoms with Crippen LogP contribution < -0.4 is 10.6 Å². The summed E-state index contributed by atoms with van der Waals surface area (Å²) >= 11 is 0. The topological polar surface area (TPSA) is 123 Å². The Balaban J connectivity index is 1.39. The molecule has 1 atom stereocenters. The van der Waals surface area contributed by atoms with Crippen molar-refractivity contribution in [2.24, 2.45) is 0 Å². The van der Waals surface area contributed by atoms with E-state index in [1.807, 2.05) is 26.8 Å². The van der Waals surface area contributed by atoms with Crippen molar-refractivity contribution in [1.29, 1.82) is 0 Å². The predicted octanol–water partition coefficient (Wildman–Crippen LogP) is 1.36. The highest BCUT2D eigenvalue weighted by Crippen LogP contribution is 2.29. The molecular weight excluding hydrogens is 454 g/mol. The number of fused-ring (bicyclic) bond motifs is 1. The molecule has 1 aromatic rings. The summed E-state index contributed by atoms with van der Waals surface area (Å²) in [4.78, 5) is 49.5. The number of hydrogen-bond donors (Lipinski definition) is 2. The highest BCUT2D eigenvalue weighted by Gasteiger charge is 2.39. The Labute approximate surface area is 204 Å². The summed E-state index contributed by atoms with van der Waals surface area (Å²) in [5, 5.41) is 4.99. The summed E-state index contributed by atoms with van der Waals surface area (Å²) < 4.78 is 15.8. The van der Waals surface area contributed by atoms with Crippen molar-refractivity contribution in [2.45, 2.75) is 51.7 Å². The van der Waals surface area contributed by atoms with Crippen LogP contribution in [0.4, 0.5) is 4.79 Å². The molecule has 10 nitrogen and oxygen atoms in total. The third kappa shape index (κ3) is 7.53. The fraction of sp³-hybridized carbons (Fsp3) is 0.520. The third-order valence-corrected chi connectivity index (χ3v) is 5.29. The number of amides is 4. The molecule has 1 aromatic carbocycles. The zero-order chi connectivity index (χ0) is 25.4. The molecule has 10 heteroatoms. The van der Waals surface area contributed by atoms with E-state index < -0.39 is 18.0 Å². The third-order valence-electron chi connectivity index (χ3n) is 5.29. The van der Waals surface area contributed by atoms with Gasteiger partial charge >= 0.3 is 6.09 Å². The van der Waals surface area contributed by atoms with E-state index in [1.54, 1.807) is 12.1 Å². The Morgan fingerprint density at radius 1 is 1.14 bits per heavy atom. The minimum atomic E-state index is -0.657. The van der Waals surface area contributed by atoms with Crippen molar-refractivity contribution < 1.29 is 33.4 Å². The van der Waals surface area contributed by atoms with E-state index in [2.05, 4.69) is 22.5 Å². The van der Waals surface area contributed by atoms with Crippen LogP contribution in [0.1, 0.15) is 55.1 Å². The average molecular weight is 486 g/mol. The maximum Gasteiger partial charge on any atom is 0.407 e. The largest absolute Gasteiger partial charge is 0.447 e. The molecule has 2 heterocycles. The number of piperidine rings is 1. The van der Waals surface area contributed by atoms with E-state index >= 15 is 0 Å². The Morgan fingerprint density at radius 3 is 2.63 bits per heavy atom. The van der Waals surface area contributed by atoms with Crippen LogP contribution in [0, 0.1) is 11.8 Å². The smallest absolute Gasteiger partial charge is 0.407 e. The Hall–Kier alpha value is -3.42. The number of nitrogens with one attached hydrogen (secondary N) is 2. The zero-order valence-electron chi connectivity index (χ0n) is 20.3. The standard InChI is InChI=1S/C25H31N3O7/c1-25(2,3)27-24(32)35-15-14-34-13-12-33-11-5-7-17-6-4-8-18-19(17)16-28(23(18)31)20-9-10-21(29)26-22(20)30/h4,6,8,20H,9-16H2,1-3H3,(H,27,32)(H,26,29,30). The molecule has 0 bridgehead atoms. The molecule has 1 saturated heterocycles. The first-order chi connectivity index (χ1) is 16.7. The van der Waals surface area contributed by atoms with Crippen molar-refractivity contribution in [3.05, 3.63) is 34.9 Å². The molecule has 1 fully saturated rings. The molecule has 0 aliphatic carbocycles. The first-order valence-electron chi connectivity index (χ1n) is 11.5. The van der Waals surface area contributed by atoms with Crippen LogP contribution in [0.15, 0.2) is 18.2 Å². The number of hydrogen-bond acceptors (Lipinski definition) is 7. The van der Waals surface area contributed by atoms with Crippen LogP contribution in [0.5, 0.6) is 0 Å². The van der Waals surface area contributed by atoms with Gasteiger partial charge in [-0.3, -0.25) is 19.7 Å². The zero-order valence-corrected chi connectivity index (χ0v) is 20.3. The van der Waals surface area contributed by atoms with E-state index in [0.717, 1.165) is 5.56 Å². The second-order valence-corrected chi connectivity index (χ2v) is 9.21. The highest BCUT2D eigenvalue weighted by molar-refractivity contribution is 6.05. The predicted molar refractivity (Wildman–Crippen MR) is 125 cm³/mol. The van der Waals surface area contributed by atoms with Gasteiger partial charge in [0, 0.05) is 29.6 Å². The maximum absolute atomic E-state index is 12.8. The van der Waals surface area contributed by atoms with E-state index in [0.29, 0.717) is 30.8 Å². The average Bonchev–Trinajstić information content (AvgIpc) is 3.11. The van der Waals surface area contributed by atoms with Crippen LogP contribution >= 0.6 is 0 Å². The number of nitrogens with zero attached hydrogens (tertiary/aromatic N) is 1. The Morgan fingerprint density at radius 2 is 1.89 bits per heavy atom. The monoisotopic (exact) mass is 485 g/mol. The lowest BCUT2D eigenvalue weighted by atomic mass is 10.0. The quantitative estimate of drug-likeness (QED) is 0.324. The van der Waals surface area contributed by atoms with Crippen LogP contribution in [-0.2, 0) is 30.3 Å². The minimum absolute atomic E-state index is 0.148. The van der Waals surface area contributed by atoms with E-state index in [4.69, 9.17) is 14.2 Å². The summed E-state index contributed by atoms with van der Waals surface area (Å²) in [7, 11) is 0. The van der Waals surface area contributed by atoms with Crippen molar-refractivity contribution in [2.75, 3.05) is 33.0 Å². The van der Waals surface area contributed by atoms with Gasteiger partial charge in [0.25, 0.3) is 5.91 Å². The van der Waals surface area contributed by atoms with Gasteiger partial charge in [-0.2, -0.15) is 0 Å². The number of ether oxygens (including phenoxy) is 3. The number of rotatable bonds is 8. The van der Waals surface area contributed by atoms with E-state index in [-0.39, 0.29) is 50.1 Å². The lowest BCUT2D eigenvalue weighted by Crippen LogP contribution is -2.52. The van der Waals surface area contributed by atoms with E-state index in [9.17, 15) is 19.2 Å². The van der Waals surface area contributed by atoms with E-state index in [1.165, 1.54) is 4.90 Å². The van der Waals surface area contributed by atoms with Gasteiger partial charge in [-0.1, -0.05) is 17.9 Å². The van der Waals surface area contributed by atoms with Gasteiger partial charge in [-0.05, 0) is 44.9 Å². The van der Waals surface area contributed by atoms with Crippen LogP contribution in [-0.4, -0.2) is 73.3 Å². The fourth-order valence-corrected chi connectivity index (χ4v) is 3.71. The number of carbonyl (C=O) groups excluding carboxylic acids is 4. The summed E-state index contributed by atoms with van der Waals surface area (Å²) in [5.74, 6) is 4.99. The molecule has 1 unspecified atom stereocenters. The van der Waals surface area contributed by atoms with Crippen LogP contribution in [0.3, 0.4) is 0 Å². The SMILES string of the molecule is CC(C)(C)NC(=O)OCCOCCOCC#Cc1cccc2c1CN(C1CCC(=O)NC1=O)C2=O. The molecule has 0 radical (unpaired) electrons. The van der Waals surface area contributed by atoms with Crippen LogP contribution in [0.2, 0.25) is 0 Å². The van der Waals surface area contributed by atoms with Gasteiger partial charge in [-0.15, -0.1) is 0 Å². The number of benzene rings is 1. The van der Waals surface area contributed by atoms with Gasteiger partial charge < -0.3 is 24.4 Å². The summed E-state index contributed by atoms with van der Waals surface area (Å²) in [6.45, 7) is 7.14. The number of alkyl carbamates (subject to hydrolysis) is 1. The number of imide groups is 1. The summed E-state index contributed by atoms with van der Waals surface area (Å²) in [5.41, 5.74) is 1.65. The molecule has 4 amide bonds. The van der Waals surface area contributed by atoms with Crippen LogP contribution in [0.25, 0.3) is 0 Å². The summed E-state index contributed by atoms with van der Waals surface area (Å²) in [6, 6.07) is 4.65. The number of carbonyl (C=O) groups is 4. The van der Waals surface area contributed by atoms with Crippen molar-refractivity contribution in [1.82, 2.24) is 15.5 Å². The second kappa shape index (κ2) is 11.8. The van der Waals surface area contributed by atoms with Crippen molar-refractivity contribution in [3.8, 4) is 11.8 Å². The van der Waals surface area contributed by atoms with Gasteiger partial charge in [-0.25, -0.2) is 4.79 Å². The molecule has 2 aliphatic heterocycles. The lowest BCUT2D eigenvalue weighted by molar-refractivity contribution is -0.136. The lowest BCUT2D eigenvalue weighted by Gasteiger charge is -2.29. The first kappa shape index (κ1) is 26.2. The normalized spacial score (nSPS) is 17.4. The molecule has 0 spiro atoms. The van der Waals surface area contributed by atoms with Crippen molar-refractivity contribution >= 4 is 23.8 Å². The molecule has 35 heavy (non-hydrogen) atoms. The second-order valence-electron chi connectivity index (χ2n) is 9.21. The highest BCUT2D eigenvalue weighted by atomic mass is 16.6. The van der Waals surface area contributed by atoms with Crippen molar-refractivity contribution in [3.63, 3.8) is 0 Å². The van der Waals surface area contributed by atoms with Gasteiger partial charge in [0.1, 0.15) is 19.3 Å². The Bertz CT molecular complexity index is 1040. The molecule has 2 N–H and O–H groups in total. The van der Waals surface area contributed by atoms with Gasteiger partial charge in [0.15, 0.2) is 0 Å². The molecule has 188 valence electrons. The molecule has 3 rings (SSSR count). The van der Waals surface area contributed by atoms with Gasteiger partial charge in [0.2, 0.25) is 11.8 Å². The first-order valence-corrected chi connectivity index (χ1v) is 11.5. The Kier molecular flexibility index (Phi) is 8.84. The fourth-order valence-electron chi connectivity index (χ4n) is 3.71. The summed E-state index contributed by atoms with van der Waals surface area (Å²) in [6.07, 6.45) is 0.0448. The molecule has 2 aliphatic rings. The molecule has 0 saturated carbocycles. The maximum atomic E-state index is 12.8.